The van der Waals surface area contributed by atoms with Gasteiger partial charge in [0.25, 0.3) is 0 Å². The smallest absolute Gasteiger partial charge is 0.321 e. The van der Waals surface area contributed by atoms with Crippen molar-refractivity contribution in [2.45, 2.75) is 20.3 Å². The molecule has 0 spiro atoms. The summed E-state index contributed by atoms with van der Waals surface area (Å²) in [6, 6.07) is 5.10. The Morgan fingerprint density at radius 2 is 2.25 bits per heavy atom. The molecule has 2 rings (SSSR count). The molecule has 0 atom stereocenters. The molecule has 0 saturated carbocycles. The van der Waals surface area contributed by atoms with Crippen LogP contribution in [0, 0.1) is 6.92 Å². The van der Waals surface area contributed by atoms with Crippen molar-refractivity contribution in [3.63, 3.8) is 0 Å². The van der Waals surface area contributed by atoms with Crippen molar-refractivity contribution in [1.29, 1.82) is 0 Å². The molecule has 108 valence electrons. The molecule has 1 aromatic carbocycles. The second-order valence-corrected chi connectivity index (χ2v) is 4.56. The Kier molecular flexibility index (Phi) is 4.57. The van der Waals surface area contributed by atoms with Crippen LogP contribution in [0.15, 0.2) is 22.6 Å². The summed E-state index contributed by atoms with van der Waals surface area (Å²) in [4.78, 5) is 17.9. The van der Waals surface area contributed by atoms with Gasteiger partial charge < -0.3 is 19.7 Å². The first-order valence-corrected chi connectivity index (χ1v) is 6.68. The van der Waals surface area contributed by atoms with Gasteiger partial charge in [0.15, 0.2) is 11.5 Å². The molecule has 0 fully saturated rings. The second-order valence-electron chi connectivity index (χ2n) is 4.56. The monoisotopic (exact) mass is 277 g/mol. The van der Waals surface area contributed by atoms with Crippen LogP contribution >= 0.6 is 0 Å². The molecule has 1 heterocycles. The van der Waals surface area contributed by atoms with E-state index in [1.807, 2.05) is 6.92 Å². The molecule has 0 radical (unpaired) electrons. The molecule has 6 nitrogen and oxygen atoms in total. The standard InChI is InChI=1S/C14H19N3O3/c1-3-6-17(7-8-18)14(19)16-11-4-5-13-12(9-11)15-10(2)20-13/h4-5,9,18H,3,6-8H2,1-2H3,(H,16,19). The van der Waals surface area contributed by atoms with Gasteiger partial charge in [-0.3, -0.25) is 0 Å². The van der Waals surface area contributed by atoms with Crippen LogP contribution in [-0.4, -0.2) is 40.7 Å². The summed E-state index contributed by atoms with van der Waals surface area (Å²) in [7, 11) is 0. The first-order chi connectivity index (χ1) is 9.63. The Labute approximate surface area is 117 Å². The molecule has 0 aliphatic carbocycles. The summed E-state index contributed by atoms with van der Waals surface area (Å²) < 4.78 is 5.39. The lowest BCUT2D eigenvalue weighted by molar-refractivity contribution is 0.188. The van der Waals surface area contributed by atoms with Gasteiger partial charge in [-0.1, -0.05) is 6.92 Å². The average Bonchev–Trinajstić information content (AvgIpc) is 2.77. The quantitative estimate of drug-likeness (QED) is 0.879. The van der Waals surface area contributed by atoms with E-state index in [0.29, 0.717) is 35.8 Å². The van der Waals surface area contributed by atoms with Crippen LogP contribution in [0.25, 0.3) is 11.1 Å². The molecule has 20 heavy (non-hydrogen) atoms. The lowest BCUT2D eigenvalue weighted by Gasteiger charge is -2.21. The number of amides is 2. The summed E-state index contributed by atoms with van der Waals surface area (Å²) in [6.07, 6.45) is 0.842. The lowest BCUT2D eigenvalue weighted by Crippen LogP contribution is -2.37. The van der Waals surface area contributed by atoms with Crippen LogP contribution in [-0.2, 0) is 0 Å². The molecule has 2 amide bonds. The minimum Gasteiger partial charge on any atom is -0.441 e. The van der Waals surface area contributed by atoms with E-state index in [4.69, 9.17) is 9.52 Å². The first-order valence-electron chi connectivity index (χ1n) is 6.68. The molecule has 2 aromatic rings. The third kappa shape index (κ3) is 3.27. The Balaban J connectivity index is 2.11. The minimum absolute atomic E-state index is 0.0467. The Bertz CT molecular complexity index is 588. The number of aliphatic hydroxyl groups is 1. The molecule has 1 aromatic heterocycles. The first kappa shape index (κ1) is 14.3. The minimum atomic E-state index is -0.222. The number of carbonyl (C=O) groups excluding carboxylic acids is 1. The van der Waals surface area contributed by atoms with E-state index in [-0.39, 0.29) is 12.6 Å². The van der Waals surface area contributed by atoms with E-state index >= 15 is 0 Å². The number of benzene rings is 1. The summed E-state index contributed by atoms with van der Waals surface area (Å²) in [5, 5.41) is 11.8. The van der Waals surface area contributed by atoms with Crippen LogP contribution in [0.2, 0.25) is 0 Å². The predicted octanol–water partition coefficient (Wildman–Crippen LogP) is 2.37. The topological polar surface area (TPSA) is 78.6 Å². The Morgan fingerprint density at radius 1 is 1.45 bits per heavy atom. The number of fused-ring (bicyclic) bond motifs is 1. The Morgan fingerprint density at radius 3 is 2.95 bits per heavy atom. The molecule has 2 N–H and O–H groups in total. The number of aromatic nitrogens is 1. The zero-order valence-electron chi connectivity index (χ0n) is 11.7. The second kappa shape index (κ2) is 6.38. The molecule has 0 unspecified atom stereocenters. The molecular weight excluding hydrogens is 258 g/mol. The number of urea groups is 1. The molecular formula is C14H19N3O3. The number of aliphatic hydroxyl groups excluding tert-OH is 1. The summed E-state index contributed by atoms with van der Waals surface area (Å²) in [5.74, 6) is 0.594. The van der Waals surface area contributed by atoms with Crippen molar-refractivity contribution >= 4 is 22.8 Å². The zero-order valence-corrected chi connectivity index (χ0v) is 11.7. The van der Waals surface area contributed by atoms with Crippen LogP contribution in [0.5, 0.6) is 0 Å². The van der Waals surface area contributed by atoms with Gasteiger partial charge in [0.2, 0.25) is 0 Å². The predicted molar refractivity (Wildman–Crippen MR) is 76.7 cm³/mol. The molecule has 0 saturated heterocycles. The summed E-state index contributed by atoms with van der Waals surface area (Å²) in [6.45, 7) is 4.65. The van der Waals surface area contributed by atoms with Crippen molar-refractivity contribution in [3.8, 4) is 0 Å². The molecule has 6 heteroatoms. The van der Waals surface area contributed by atoms with Crippen LogP contribution in [0.3, 0.4) is 0 Å². The zero-order chi connectivity index (χ0) is 14.5. The van der Waals surface area contributed by atoms with Crippen LogP contribution < -0.4 is 5.32 Å². The number of carbonyl (C=O) groups is 1. The van der Waals surface area contributed by atoms with Gasteiger partial charge in [0.05, 0.1) is 6.61 Å². The normalized spacial score (nSPS) is 10.8. The third-order valence-corrected chi connectivity index (χ3v) is 2.90. The van der Waals surface area contributed by atoms with Gasteiger partial charge in [-0.15, -0.1) is 0 Å². The number of anilines is 1. The van der Waals surface area contributed by atoms with Gasteiger partial charge in [0.1, 0.15) is 5.52 Å². The van der Waals surface area contributed by atoms with Gasteiger partial charge in [-0.25, -0.2) is 9.78 Å². The third-order valence-electron chi connectivity index (χ3n) is 2.90. The summed E-state index contributed by atoms with van der Waals surface area (Å²) >= 11 is 0. The van der Waals surface area contributed by atoms with E-state index in [1.54, 1.807) is 30.0 Å². The fourth-order valence-electron chi connectivity index (χ4n) is 2.03. The van der Waals surface area contributed by atoms with Gasteiger partial charge in [-0.05, 0) is 24.6 Å². The van der Waals surface area contributed by atoms with Gasteiger partial charge in [0, 0.05) is 25.7 Å². The largest absolute Gasteiger partial charge is 0.441 e. The van der Waals surface area contributed by atoms with Crippen LogP contribution in [0.4, 0.5) is 10.5 Å². The Hall–Kier alpha value is -2.08. The SMILES string of the molecule is CCCN(CCO)C(=O)Nc1ccc2oc(C)nc2c1. The van der Waals surface area contributed by atoms with Crippen molar-refractivity contribution in [3.05, 3.63) is 24.1 Å². The highest BCUT2D eigenvalue weighted by Gasteiger charge is 2.12. The highest BCUT2D eigenvalue weighted by atomic mass is 16.3. The van der Waals surface area contributed by atoms with Gasteiger partial charge in [-0.2, -0.15) is 0 Å². The average molecular weight is 277 g/mol. The highest BCUT2D eigenvalue weighted by molar-refractivity contribution is 5.91. The maximum Gasteiger partial charge on any atom is 0.321 e. The fraction of sp³-hybridized carbons (Fsp3) is 0.429. The number of oxazole rings is 1. The van der Waals surface area contributed by atoms with Crippen molar-refractivity contribution in [2.24, 2.45) is 0 Å². The van der Waals surface area contributed by atoms with Crippen molar-refractivity contribution < 1.29 is 14.3 Å². The van der Waals surface area contributed by atoms with E-state index in [9.17, 15) is 4.79 Å². The maximum absolute atomic E-state index is 12.1. The van der Waals surface area contributed by atoms with E-state index in [2.05, 4.69) is 10.3 Å². The molecule has 0 aliphatic rings. The number of aryl methyl sites for hydroxylation is 1. The van der Waals surface area contributed by atoms with Crippen molar-refractivity contribution in [1.82, 2.24) is 9.88 Å². The van der Waals surface area contributed by atoms with Gasteiger partial charge >= 0.3 is 6.03 Å². The number of hydrogen-bond donors (Lipinski definition) is 2. The van der Waals surface area contributed by atoms with E-state index in [1.165, 1.54) is 0 Å². The van der Waals surface area contributed by atoms with E-state index < -0.39 is 0 Å². The lowest BCUT2D eigenvalue weighted by atomic mass is 10.3. The van der Waals surface area contributed by atoms with E-state index in [0.717, 1.165) is 6.42 Å². The number of nitrogens with zero attached hydrogens (tertiary/aromatic N) is 2. The highest BCUT2D eigenvalue weighted by Crippen LogP contribution is 2.19. The fourth-order valence-corrected chi connectivity index (χ4v) is 2.03. The maximum atomic E-state index is 12.1. The number of nitrogens with one attached hydrogen (secondary N) is 1. The van der Waals surface area contributed by atoms with Crippen molar-refractivity contribution in [2.75, 3.05) is 25.0 Å². The number of hydrogen-bond acceptors (Lipinski definition) is 4. The number of rotatable bonds is 5. The summed E-state index contributed by atoms with van der Waals surface area (Å²) in [5.41, 5.74) is 2.07. The molecule has 0 aliphatic heterocycles. The van der Waals surface area contributed by atoms with Crippen LogP contribution in [0.1, 0.15) is 19.2 Å². The molecule has 0 bridgehead atoms.